The number of aliphatic hydroxyl groups is 1. The van der Waals surface area contributed by atoms with Crippen LogP contribution in [0.3, 0.4) is 0 Å². The lowest BCUT2D eigenvalue weighted by molar-refractivity contribution is -0.119. The van der Waals surface area contributed by atoms with Crippen LogP contribution in [0.1, 0.15) is 49.1 Å². The lowest BCUT2D eigenvalue weighted by Crippen LogP contribution is -2.27. The third-order valence-electron chi connectivity index (χ3n) is 4.93. The third-order valence-corrected chi connectivity index (χ3v) is 4.93. The molecule has 3 rings (SSSR count). The van der Waals surface area contributed by atoms with E-state index in [9.17, 15) is 9.18 Å². The highest BCUT2D eigenvalue weighted by atomic mass is 19.1. The fraction of sp³-hybridized carbons (Fsp3) is 0.350. The molecule has 132 valence electrons. The zero-order valence-corrected chi connectivity index (χ0v) is 14.7. The SMILES string of the molecule is CC(NCc1ccc(F)c(CO)c1)c1ccc2c(c1)C(C)(C)C(=O)N2. The average molecular weight is 342 g/mol. The van der Waals surface area contributed by atoms with Crippen LogP contribution >= 0.6 is 0 Å². The van der Waals surface area contributed by atoms with E-state index in [1.807, 2.05) is 26.0 Å². The topological polar surface area (TPSA) is 61.4 Å². The number of rotatable bonds is 5. The molecule has 3 N–H and O–H groups in total. The first kappa shape index (κ1) is 17.6. The van der Waals surface area contributed by atoms with Gasteiger partial charge in [0.25, 0.3) is 0 Å². The van der Waals surface area contributed by atoms with E-state index in [-0.39, 0.29) is 18.6 Å². The van der Waals surface area contributed by atoms with Gasteiger partial charge in [-0.25, -0.2) is 4.39 Å². The van der Waals surface area contributed by atoms with Crippen molar-refractivity contribution in [2.45, 2.75) is 45.4 Å². The Bertz CT molecular complexity index is 817. The minimum Gasteiger partial charge on any atom is -0.392 e. The number of benzene rings is 2. The third kappa shape index (κ3) is 3.30. The van der Waals surface area contributed by atoms with Gasteiger partial charge in [0.1, 0.15) is 5.82 Å². The molecule has 0 saturated heterocycles. The fourth-order valence-corrected chi connectivity index (χ4v) is 3.11. The lowest BCUT2D eigenvalue weighted by Gasteiger charge is -2.19. The molecule has 1 aliphatic heterocycles. The van der Waals surface area contributed by atoms with E-state index in [2.05, 4.69) is 23.6 Å². The summed E-state index contributed by atoms with van der Waals surface area (Å²) < 4.78 is 13.5. The van der Waals surface area contributed by atoms with Gasteiger partial charge in [-0.05, 0) is 55.7 Å². The van der Waals surface area contributed by atoms with E-state index >= 15 is 0 Å². The van der Waals surface area contributed by atoms with Crippen LogP contribution in [0.25, 0.3) is 0 Å². The van der Waals surface area contributed by atoms with E-state index < -0.39 is 11.2 Å². The highest BCUT2D eigenvalue weighted by molar-refractivity contribution is 6.05. The molecule has 0 spiro atoms. The van der Waals surface area contributed by atoms with Crippen LogP contribution in [0.5, 0.6) is 0 Å². The van der Waals surface area contributed by atoms with Crippen LogP contribution in [0.2, 0.25) is 0 Å². The second-order valence-electron chi connectivity index (χ2n) is 7.07. The zero-order valence-electron chi connectivity index (χ0n) is 14.7. The number of nitrogens with one attached hydrogen (secondary N) is 2. The summed E-state index contributed by atoms with van der Waals surface area (Å²) >= 11 is 0. The molecule has 25 heavy (non-hydrogen) atoms. The van der Waals surface area contributed by atoms with Crippen LogP contribution < -0.4 is 10.6 Å². The van der Waals surface area contributed by atoms with Crippen molar-refractivity contribution < 1.29 is 14.3 Å². The Labute approximate surface area is 147 Å². The minimum atomic E-state index is -0.530. The number of amides is 1. The summed E-state index contributed by atoms with van der Waals surface area (Å²) in [4.78, 5) is 12.1. The standard InChI is InChI=1S/C20H23FN2O2/c1-12(22-10-13-4-6-17(21)15(8-13)11-24)14-5-7-18-16(9-14)20(2,3)19(25)23-18/h4-9,12,22,24H,10-11H2,1-3H3,(H,23,25). The van der Waals surface area contributed by atoms with Gasteiger partial charge in [-0.2, -0.15) is 0 Å². The smallest absolute Gasteiger partial charge is 0.234 e. The van der Waals surface area contributed by atoms with Crippen molar-refractivity contribution in [1.29, 1.82) is 0 Å². The van der Waals surface area contributed by atoms with Crippen LogP contribution in [0, 0.1) is 5.82 Å². The summed E-state index contributed by atoms with van der Waals surface area (Å²) in [6.07, 6.45) is 0. The van der Waals surface area contributed by atoms with Crippen LogP contribution in [0.4, 0.5) is 10.1 Å². The normalized spacial score (nSPS) is 16.4. The molecule has 0 aliphatic carbocycles. The molecule has 2 aromatic rings. The summed E-state index contributed by atoms with van der Waals surface area (Å²) in [5.74, 6) is -0.375. The largest absolute Gasteiger partial charge is 0.392 e. The van der Waals surface area contributed by atoms with Gasteiger partial charge in [0.2, 0.25) is 5.91 Å². The van der Waals surface area contributed by atoms with E-state index in [0.717, 1.165) is 22.4 Å². The molecule has 0 fully saturated rings. The van der Waals surface area contributed by atoms with Gasteiger partial charge < -0.3 is 15.7 Å². The highest BCUT2D eigenvalue weighted by Gasteiger charge is 2.38. The number of fused-ring (bicyclic) bond motifs is 1. The number of aliphatic hydroxyl groups excluding tert-OH is 1. The Morgan fingerprint density at radius 1 is 1.24 bits per heavy atom. The highest BCUT2D eigenvalue weighted by Crippen LogP contribution is 2.38. The summed E-state index contributed by atoms with van der Waals surface area (Å²) in [6.45, 7) is 6.15. The minimum absolute atomic E-state index is 0.0168. The van der Waals surface area contributed by atoms with Gasteiger partial charge in [-0.1, -0.05) is 18.2 Å². The maximum Gasteiger partial charge on any atom is 0.234 e. The Kier molecular flexibility index (Phi) is 4.62. The summed E-state index contributed by atoms with van der Waals surface area (Å²) in [5, 5.41) is 15.5. The van der Waals surface area contributed by atoms with E-state index in [4.69, 9.17) is 5.11 Å². The van der Waals surface area contributed by atoms with Gasteiger partial charge in [0.05, 0.1) is 12.0 Å². The van der Waals surface area contributed by atoms with Gasteiger partial charge in [-0.15, -0.1) is 0 Å². The van der Waals surface area contributed by atoms with Crippen molar-refractivity contribution in [2.75, 3.05) is 5.32 Å². The fourth-order valence-electron chi connectivity index (χ4n) is 3.11. The van der Waals surface area contributed by atoms with Crippen molar-refractivity contribution in [2.24, 2.45) is 0 Å². The Hall–Kier alpha value is -2.24. The zero-order chi connectivity index (χ0) is 18.2. The second kappa shape index (κ2) is 6.58. The van der Waals surface area contributed by atoms with E-state index in [1.54, 1.807) is 12.1 Å². The predicted molar refractivity (Wildman–Crippen MR) is 95.7 cm³/mol. The summed E-state index contributed by atoms with van der Waals surface area (Å²) in [5.41, 5.74) is 3.65. The molecule has 0 saturated carbocycles. The van der Waals surface area contributed by atoms with E-state index in [1.165, 1.54) is 6.07 Å². The number of carbonyl (C=O) groups excluding carboxylic acids is 1. The van der Waals surface area contributed by atoms with Crippen LogP contribution in [0.15, 0.2) is 36.4 Å². The van der Waals surface area contributed by atoms with Crippen molar-refractivity contribution in [1.82, 2.24) is 5.32 Å². The molecule has 1 amide bonds. The molecule has 1 atom stereocenters. The number of hydrogen-bond acceptors (Lipinski definition) is 3. The molecule has 1 aliphatic rings. The molecule has 1 unspecified atom stereocenters. The molecule has 0 bridgehead atoms. The number of hydrogen-bond donors (Lipinski definition) is 3. The molecule has 5 heteroatoms. The Morgan fingerprint density at radius 3 is 2.72 bits per heavy atom. The first-order valence-electron chi connectivity index (χ1n) is 8.40. The monoisotopic (exact) mass is 342 g/mol. The molecule has 4 nitrogen and oxygen atoms in total. The van der Waals surface area contributed by atoms with Crippen molar-refractivity contribution in [3.8, 4) is 0 Å². The van der Waals surface area contributed by atoms with Crippen LogP contribution in [-0.4, -0.2) is 11.0 Å². The molecule has 1 heterocycles. The number of carbonyl (C=O) groups is 1. The molecule has 0 aromatic heterocycles. The maximum atomic E-state index is 13.5. The van der Waals surface area contributed by atoms with Gasteiger partial charge in [0.15, 0.2) is 0 Å². The van der Waals surface area contributed by atoms with E-state index in [0.29, 0.717) is 12.1 Å². The van der Waals surface area contributed by atoms with Crippen molar-refractivity contribution in [3.05, 3.63) is 64.5 Å². The van der Waals surface area contributed by atoms with Crippen molar-refractivity contribution in [3.63, 3.8) is 0 Å². The van der Waals surface area contributed by atoms with Crippen LogP contribution in [-0.2, 0) is 23.4 Å². The average Bonchev–Trinajstić information content (AvgIpc) is 2.82. The molecular formula is C20H23FN2O2. The molecule has 0 radical (unpaired) electrons. The quantitative estimate of drug-likeness (QED) is 0.780. The van der Waals surface area contributed by atoms with Crippen molar-refractivity contribution >= 4 is 11.6 Å². The first-order chi connectivity index (χ1) is 11.8. The van der Waals surface area contributed by atoms with Gasteiger partial charge in [0, 0.05) is 23.8 Å². The Balaban J connectivity index is 1.74. The Morgan fingerprint density at radius 2 is 2.00 bits per heavy atom. The molecular weight excluding hydrogens is 319 g/mol. The first-order valence-corrected chi connectivity index (χ1v) is 8.40. The second-order valence-corrected chi connectivity index (χ2v) is 7.07. The lowest BCUT2D eigenvalue weighted by atomic mass is 9.85. The number of anilines is 1. The summed E-state index contributed by atoms with van der Waals surface area (Å²) in [6, 6.07) is 10.8. The number of halogens is 1. The van der Waals surface area contributed by atoms with Gasteiger partial charge >= 0.3 is 0 Å². The molecule has 2 aromatic carbocycles. The van der Waals surface area contributed by atoms with Gasteiger partial charge in [-0.3, -0.25) is 4.79 Å². The maximum absolute atomic E-state index is 13.5. The predicted octanol–water partition coefficient (Wildman–Crippen LogP) is 3.40. The summed E-state index contributed by atoms with van der Waals surface area (Å²) in [7, 11) is 0.